The number of allylic oxidation sites excluding steroid dienone is 2. The number of anilines is 1. The zero-order valence-corrected chi connectivity index (χ0v) is 18.5. The second-order valence-corrected chi connectivity index (χ2v) is 8.18. The molecule has 2 aromatic rings. The molecular formula is C27H24FN5. The van der Waals surface area contributed by atoms with Gasteiger partial charge in [-0.1, -0.05) is 24.3 Å². The van der Waals surface area contributed by atoms with E-state index < -0.39 is 0 Å². The Bertz CT molecular complexity index is 1460. The molecular weight excluding hydrogens is 413 g/mol. The highest BCUT2D eigenvalue weighted by molar-refractivity contribution is 5.84. The number of nitrogens with zero attached hydrogens (tertiary/aromatic N) is 4. The number of aromatic nitrogens is 2. The molecule has 0 amide bonds. The molecule has 0 bridgehead atoms. The molecule has 5 rings (SSSR count). The number of fused-ring (bicyclic) bond motifs is 2. The number of para-hydroxylation sites is 2. The first-order valence-corrected chi connectivity index (χ1v) is 11.0. The lowest BCUT2D eigenvalue weighted by atomic mass is 10.1. The van der Waals surface area contributed by atoms with Crippen LogP contribution in [0.25, 0.3) is 28.1 Å². The highest BCUT2D eigenvalue weighted by atomic mass is 19.1. The largest absolute Gasteiger partial charge is 0.352 e. The second kappa shape index (κ2) is 8.82. The number of rotatable bonds is 4. The van der Waals surface area contributed by atoms with Crippen LogP contribution in [0.1, 0.15) is 20.3 Å². The van der Waals surface area contributed by atoms with Gasteiger partial charge in [0.15, 0.2) is 0 Å². The molecule has 0 unspecified atom stereocenters. The Balaban J connectivity index is 1.81. The lowest BCUT2D eigenvalue weighted by molar-refractivity contribution is 0.627. The lowest BCUT2D eigenvalue weighted by Crippen LogP contribution is -2.17. The van der Waals surface area contributed by atoms with E-state index in [0.29, 0.717) is 0 Å². The van der Waals surface area contributed by atoms with Gasteiger partial charge in [-0.15, -0.1) is 0 Å². The molecule has 0 aromatic heterocycles. The van der Waals surface area contributed by atoms with E-state index in [1.807, 2.05) is 73.2 Å². The molecule has 2 heterocycles. The van der Waals surface area contributed by atoms with Gasteiger partial charge in [0, 0.05) is 30.6 Å². The first kappa shape index (κ1) is 20.8. The normalized spacial score (nSPS) is 14.2. The van der Waals surface area contributed by atoms with Crippen molar-refractivity contribution in [3.63, 3.8) is 0 Å². The number of aliphatic imine (C=N–C) groups is 1. The van der Waals surface area contributed by atoms with Crippen LogP contribution in [0.4, 0.5) is 10.1 Å². The summed E-state index contributed by atoms with van der Waals surface area (Å²) in [7, 11) is 0. The van der Waals surface area contributed by atoms with E-state index >= 15 is 0 Å². The van der Waals surface area contributed by atoms with Crippen LogP contribution in [0.3, 0.4) is 0 Å². The van der Waals surface area contributed by atoms with Crippen LogP contribution >= 0.6 is 0 Å². The van der Waals surface area contributed by atoms with Crippen LogP contribution in [0.2, 0.25) is 0 Å². The van der Waals surface area contributed by atoms with Crippen molar-refractivity contribution in [1.82, 2.24) is 9.55 Å². The summed E-state index contributed by atoms with van der Waals surface area (Å²) in [4.78, 5) is 14.1. The van der Waals surface area contributed by atoms with Gasteiger partial charge in [-0.05, 0) is 62.4 Å². The summed E-state index contributed by atoms with van der Waals surface area (Å²) in [6, 6.07) is 18.6. The molecule has 6 heteroatoms. The van der Waals surface area contributed by atoms with Crippen LogP contribution in [0.15, 0.2) is 94.7 Å². The van der Waals surface area contributed by atoms with Crippen molar-refractivity contribution in [3.05, 3.63) is 95.9 Å². The zero-order valence-electron chi connectivity index (χ0n) is 18.5. The minimum atomic E-state index is -0.285. The number of halogens is 1. The first-order valence-electron chi connectivity index (χ1n) is 11.0. The van der Waals surface area contributed by atoms with Gasteiger partial charge < -0.3 is 9.88 Å². The van der Waals surface area contributed by atoms with E-state index in [-0.39, 0.29) is 11.9 Å². The van der Waals surface area contributed by atoms with Gasteiger partial charge in [0.05, 0.1) is 39.2 Å². The molecule has 33 heavy (non-hydrogen) atoms. The van der Waals surface area contributed by atoms with Crippen LogP contribution in [-0.4, -0.2) is 21.8 Å². The number of hydrogen-bond acceptors (Lipinski definition) is 4. The minimum Gasteiger partial charge on any atom is -0.352 e. The van der Waals surface area contributed by atoms with Gasteiger partial charge in [-0.3, -0.25) is 9.98 Å². The Morgan fingerprint density at radius 2 is 1.94 bits per heavy atom. The first-order chi connectivity index (χ1) is 16.1. The van der Waals surface area contributed by atoms with Gasteiger partial charge in [0.25, 0.3) is 0 Å². The predicted molar refractivity (Wildman–Crippen MR) is 132 cm³/mol. The second-order valence-electron chi connectivity index (χ2n) is 8.18. The Labute approximate surface area is 191 Å². The maximum absolute atomic E-state index is 14.2. The quantitative estimate of drug-likeness (QED) is 0.407. The molecule has 0 spiro atoms. The monoisotopic (exact) mass is 437 g/mol. The fourth-order valence-corrected chi connectivity index (χ4v) is 3.94. The van der Waals surface area contributed by atoms with Gasteiger partial charge in [-0.25, -0.2) is 9.37 Å². The summed E-state index contributed by atoms with van der Waals surface area (Å²) < 4.78 is 16.2. The van der Waals surface area contributed by atoms with Crippen molar-refractivity contribution in [3.8, 4) is 17.1 Å². The Hall–Kier alpha value is -4.06. The van der Waals surface area contributed by atoms with Crippen LogP contribution in [0.5, 0.6) is 0 Å². The third-order valence-corrected chi connectivity index (χ3v) is 5.30. The number of benzene rings is 3. The maximum atomic E-state index is 14.2. The van der Waals surface area contributed by atoms with Gasteiger partial charge >= 0.3 is 0 Å². The number of nitrogens with one attached hydrogen (secondary N) is 1. The average molecular weight is 438 g/mol. The van der Waals surface area contributed by atoms with Crippen molar-refractivity contribution >= 4 is 22.9 Å². The lowest BCUT2D eigenvalue weighted by Gasteiger charge is -2.20. The number of hydrogen-bond donors (Lipinski definition) is 1. The smallest absolute Gasteiger partial charge is 0.125 e. The Morgan fingerprint density at radius 1 is 1.06 bits per heavy atom. The summed E-state index contributed by atoms with van der Waals surface area (Å²) in [6.45, 7) is 4.09. The molecule has 0 radical (unpaired) electrons. The summed E-state index contributed by atoms with van der Waals surface area (Å²) in [5, 5.41) is 4.27. The summed E-state index contributed by atoms with van der Waals surface area (Å²) in [5.41, 5.74) is 5.82. The maximum Gasteiger partial charge on any atom is 0.125 e. The van der Waals surface area contributed by atoms with Crippen LogP contribution in [0, 0.1) is 5.82 Å². The third kappa shape index (κ3) is 4.32. The molecule has 0 atom stereocenters. The molecule has 164 valence electrons. The molecule has 3 aliphatic rings. The molecule has 2 aromatic carbocycles. The summed E-state index contributed by atoms with van der Waals surface area (Å²) in [5.74, 6) is -0.285. The van der Waals surface area contributed by atoms with Gasteiger partial charge in [0.1, 0.15) is 5.82 Å². The fraction of sp³-hybridized carbons (Fsp3) is 0.148. The van der Waals surface area contributed by atoms with E-state index in [4.69, 9.17) is 9.98 Å². The van der Waals surface area contributed by atoms with E-state index in [9.17, 15) is 4.39 Å². The van der Waals surface area contributed by atoms with Gasteiger partial charge in [-0.2, -0.15) is 0 Å². The SMILES string of the molecule is CC(C)N=c1cc2n(-c3cccc(F)c3)c3ccccc3nc-2cc1NC1=CN=CCC=C1. The predicted octanol–water partition coefficient (Wildman–Crippen LogP) is 5.86. The topological polar surface area (TPSA) is 54.6 Å². The van der Waals surface area contributed by atoms with Crippen LogP contribution in [-0.2, 0) is 0 Å². The van der Waals surface area contributed by atoms with E-state index in [0.717, 1.165) is 51.3 Å². The highest BCUT2D eigenvalue weighted by Gasteiger charge is 2.17. The van der Waals surface area contributed by atoms with E-state index in [1.165, 1.54) is 12.1 Å². The Kier molecular flexibility index (Phi) is 5.57. The zero-order chi connectivity index (χ0) is 22.8. The standard InChI is InChI=1S/C27H24FN5/c1-18(2)30-24-16-27-25(15-23(24)31-20-9-5-6-13-29-17-20)32-22-11-3-4-12-26(22)33(27)21-10-7-8-19(28)14-21/h3-5,7-18,31H,6H2,1-2H3. The summed E-state index contributed by atoms with van der Waals surface area (Å²) >= 11 is 0. The van der Waals surface area contributed by atoms with Gasteiger partial charge in [0.2, 0.25) is 0 Å². The third-order valence-electron chi connectivity index (χ3n) is 5.30. The van der Waals surface area contributed by atoms with Crippen molar-refractivity contribution in [1.29, 1.82) is 0 Å². The molecule has 0 saturated carbocycles. The molecule has 1 aliphatic carbocycles. The fourth-order valence-electron chi connectivity index (χ4n) is 3.94. The molecule has 1 N–H and O–H groups in total. The van der Waals surface area contributed by atoms with Crippen molar-refractivity contribution in [2.45, 2.75) is 26.3 Å². The average Bonchev–Trinajstić information content (AvgIpc) is 3.06. The van der Waals surface area contributed by atoms with Crippen molar-refractivity contribution in [2.75, 3.05) is 5.32 Å². The van der Waals surface area contributed by atoms with Crippen molar-refractivity contribution < 1.29 is 4.39 Å². The van der Waals surface area contributed by atoms with Crippen molar-refractivity contribution in [2.24, 2.45) is 9.98 Å². The molecule has 0 saturated heterocycles. The van der Waals surface area contributed by atoms with Crippen LogP contribution < -0.4 is 10.7 Å². The van der Waals surface area contributed by atoms with E-state index in [2.05, 4.69) is 16.4 Å². The molecule has 0 fully saturated rings. The molecule has 5 nitrogen and oxygen atoms in total. The highest BCUT2D eigenvalue weighted by Crippen LogP contribution is 2.30. The van der Waals surface area contributed by atoms with E-state index in [1.54, 1.807) is 12.3 Å². The minimum absolute atomic E-state index is 0.0933. The molecule has 2 aliphatic heterocycles. The summed E-state index contributed by atoms with van der Waals surface area (Å²) in [6.07, 6.45) is 8.52. The Morgan fingerprint density at radius 3 is 2.79 bits per heavy atom.